The Bertz CT molecular complexity index is 677. The number of thioether (sulfide) groups is 1. The molecule has 0 aromatic heterocycles. The van der Waals surface area contributed by atoms with E-state index in [9.17, 15) is 4.79 Å². The minimum absolute atomic E-state index is 0.223. The van der Waals surface area contributed by atoms with Crippen LogP contribution in [0, 0.1) is 5.92 Å². The average molecular weight is 387 g/mol. The zero-order valence-corrected chi connectivity index (χ0v) is 18.1. The van der Waals surface area contributed by atoms with E-state index in [0.717, 1.165) is 6.54 Å². The van der Waals surface area contributed by atoms with Gasteiger partial charge < -0.3 is 9.80 Å². The van der Waals surface area contributed by atoms with Crippen LogP contribution in [-0.2, 0) is 11.3 Å². The Morgan fingerprint density at radius 3 is 2.48 bits per heavy atom. The molecular weight excluding hydrogens is 352 g/mol. The third kappa shape index (κ3) is 5.17. The maximum absolute atomic E-state index is 12.4. The SMILES string of the molecule is CN(C)Cc1ccc(C2CCCCC2)c(C2SC=CC2CC(=O)N(C)C)c1. The van der Waals surface area contributed by atoms with E-state index in [-0.39, 0.29) is 5.91 Å². The molecule has 2 atom stereocenters. The van der Waals surface area contributed by atoms with Gasteiger partial charge >= 0.3 is 0 Å². The van der Waals surface area contributed by atoms with Gasteiger partial charge in [0, 0.05) is 38.2 Å². The quantitative estimate of drug-likeness (QED) is 0.672. The highest BCUT2D eigenvalue weighted by Crippen LogP contribution is 2.48. The highest BCUT2D eigenvalue weighted by atomic mass is 32.2. The van der Waals surface area contributed by atoms with Crippen molar-refractivity contribution in [1.29, 1.82) is 0 Å². The first kappa shape index (κ1) is 20.5. The Kier molecular flexibility index (Phi) is 7.04. The summed E-state index contributed by atoms with van der Waals surface area (Å²) in [6.45, 7) is 0.962. The van der Waals surface area contributed by atoms with Gasteiger partial charge in [-0.2, -0.15) is 0 Å². The first-order valence-electron chi connectivity index (χ1n) is 10.3. The lowest BCUT2D eigenvalue weighted by atomic mass is 9.79. The summed E-state index contributed by atoms with van der Waals surface area (Å²) < 4.78 is 0. The van der Waals surface area contributed by atoms with E-state index in [1.54, 1.807) is 10.5 Å². The number of rotatable bonds is 6. The molecule has 1 amide bonds. The lowest BCUT2D eigenvalue weighted by Crippen LogP contribution is -2.25. The molecule has 1 aliphatic heterocycles. The Hall–Kier alpha value is -1.26. The molecule has 1 saturated carbocycles. The largest absolute Gasteiger partial charge is 0.349 e. The van der Waals surface area contributed by atoms with E-state index >= 15 is 0 Å². The molecule has 0 bridgehead atoms. The third-order valence-electron chi connectivity index (χ3n) is 5.85. The number of carbonyl (C=O) groups is 1. The Balaban J connectivity index is 1.91. The van der Waals surface area contributed by atoms with Crippen molar-refractivity contribution in [2.75, 3.05) is 28.2 Å². The molecule has 3 rings (SSSR count). The predicted octanol–water partition coefficient (Wildman–Crippen LogP) is 5.19. The molecule has 1 aromatic rings. The molecule has 1 heterocycles. The number of hydrogen-bond acceptors (Lipinski definition) is 3. The van der Waals surface area contributed by atoms with E-state index in [0.29, 0.717) is 23.5 Å². The van der Waals surface area contributed by atoms with Crippen molar-refractivity contribution < 1.29 is 4.79 Å². The standard InChI is InChI=1S/C23H34N2OS/c1-24(2)16-17-10-11-20(18-8-6-5-7-9-18)21(14-17)23-19(12-13-27-23)15-22(26)25(3)4/h10-14,18-19,23H,5-9,15-16H2,1-4H3. The van der Waals surface area contributed by atoms with Crippen molar-refractivity contribution >= 4 is 17.7 Å². The topological polar surface area (TPSA) is 23.6 Å². The summed E-state index contributed by atoms with van der Waals surface area (Å²) in [6, 6.07) is 7.15. The van der Waals surface area contributed by atoms with Gasteiger partial charge in [0.25, 0.3) is 0 Å². The Morgan fingerprint density at radius 1 is 1.07 bits per heavy atom. The van der Waals surface area contributed by atoms with Gasteiger partial charge in [-0.05, 0) is 55.0 Å². The molecule has 27 heavy (non-hydrogen) atoms. The maximum Gasteiger partial charge on any atom is 0.222 e. The number of allylic oxidation sites excluding steroid dienone is 1. The van der Waals surface area contributed by atoms with Crippen LogP contribution in [0.4, 0.5) is 0 Å². The second kappa shape index (κ2) is 9.29. The van der Waals surface area contributed by atoms with Crippen LogP contribution < -0.4 is 0 Å². The lowest BCUT2D eigenvalue weighted by molar-refractivity contribution is -0.129. The Labute approximate surface area is 169 Å². The van der Waals surface area contributed by atoms with Crippen LogP contribution in [0.5, 0.6) is 0 Å². The summed E-state index contributed by atoms with van der Waals surface area (Å²) in [5, 5.41) is 2.58. The van der Waals surface area contributed by atoms with Crippen molar-refractivity contribution in [2.24, 2.45) is 5.92 Å². The first-order valence-corrected chi connectivity index (χ1v) is 11.2. The third-order valence-corrected chi connectivity index (χ3v) is 7.06. The van der Waals surface area contributed by atoms with Crippen LogP contribution in [0.15, 0.2) is 29.7 Å². The molecule has 0 N–H and O–H groups in total. The van der Waals surface area contributed by atoms with E-state index in [4.69, 9.17) is 0 Å². The molecule has 148 valence electrons. The number of nitrogens with zero attached hydrogens (tertiary/aromatic N) is 2. The lowest BCUT2D eigenvalue weighted by Gasteiger charge is -2.29. The number of benzene rings is 1. The molecule has 1 aromatic carbocycles. The highest BCUT2D eigenvalue weighted by molar-refractivity contribution is 8.02. The molecule has 4 heteroatoms. The summed E-state index contributed by atoms with van der Waals surface area (Å²) in [7, 11) is 7.96. The van der Waals surface area contributed by atoms with Crippen LogP contribution in [0.2, 0.25) is 0 Å². The summed E-state index contributed by atoms with van der Waals surface area (Å²) in [4.78, 5) is 16.3. The molecule has 2 aliphatic rings. The van der Waals surface area contributed by atoms with Crippen molar-refractivity contribution in [3.05, 3.63) is 46.4 Å². The molecule has 0 spiro atoms. The van der Waals surface area contributed by atoms with Gasteiger partial charge in [-0.1, -0.05) is 43.5 Å². The highest BCUT2D eigenvalue weighted by Gasteiger charge is 2.31. The summed E-state index contributed by atoms with van der Waals surface area (Å²) in [5.41, 5.74) is 4.40. The molecular formula is C23H34N2OS. The monoisotopic (exact) mass is 386 g/mol. The zero-order valence-electron chi connectivity index (χ0n) is 17.3. The second-order valence-corrected chi connectivity index (χ2v) is 9.63. The van der Waals surface area contributed by atoms with Crippen molar-refractivity contribution in [2.45, 2.75) is 56.2 Å². The second-order valence-electron chi connectivity index (χ2n) is 8.58. The van der Waals surface area contributed by atoms with Crippen molar-refractivity contribution in [1.82, 2.24) is 9.80 Å². The molecule has 0 saturated heterocycles. The van der Waals surface area contributed by atoms with Gasteiger partial charge in [0.05, 0.1) is 0 Å². The Morgan fingerprint density at radius 2 is 1.81 bits per heavy atom. The number of amides is 1. The van der Waals surface area contributed by atoms with E-state index in [1.807, 2.05) is 25.9 Å². The molecule has 1 fully saturated rings. The molecule has 0 radical (unpaired) electrons. The van der Waals surface area contributed by atoms with Gasteiger partial charge in [-0.3, -0.25) is 4.79 Å². The summed E-state index contributed by atoms with van der Waals surface area (Å²) >= 11 is 1.90. The van der Waals surface area contributed by atoms with Gasteiger partial charge in [-0.25, -0.2) is 0 Å². The van der Waals surface area contributed by atoms with Gasteiger partial charge in [0.2, 0.25) is 5.91 Å². The van der Waals surface area contributed by atoms with E-state index in [1.165, 1.54) is 43.2 Å². The molecule has 3 nitrogen and oxygen atoms in total. The van der Waals surface area contributed by atoms with Crippen molar-refractivity contribution in [3.63, 3.8) is 0 Å². The molecule has 2 unspecified atom stereocenters. The van der Waals surface area contributed by atoms with Crippen molar-refractivity contribution in [3.8, 4) is 0 Å². The minimum atomic E-state index is 0.223. The normalized spacial score (nSPS) is 23.1. The summed E-state index contributed by atoms with van der Waals surface area (Å²) in [6.07, 6.45) is 9.55. The zero-order chi connectivity index (χ0) is 19.4. The van der Waals surface area contributed by atoms with Crippen LogP contribution in [0.25, 0.3) is 0 Å². The molecule has 1 aliphatic carbocycles. The van der Waals surface area contributed by atoms with Gasteiger partial charge in [0.15, 0.2) is 0 Å². The van der Waals surface area contributed by atoms with Crippen LogP contribution in [-0.4, -0.2) is 43.9 Å². The van der Waals surface area contributed by atoms with Crippen LogP contribution >= 0.6 is 11.8 Å². The smallest absolute Gasteiger partial charge is 0.222 e. The van der Waals surface area contributed by atoms with Crippen LogP contribution in [0.1, 0.15) is 66.4 Å². The fraction of sp³-hybridized carbons (Fsp3) is 0.609. The summed E-state index contributed by atoms with van der Waals surface area (Å²) in [5.74, 6) is 1.20. The van der Waals surface area contributed by atoms with E-state index < -0.39 is 0 Å². The first-order chi connectivity index (χ1) is 13.0. The van der Waals surface area contributed by atoms with E-state index in [2.05, 4.69) is 48.7 Å². The number of hydrogen-bond donors (Lipinski definition) is 0. The number of carbonyl (C=O) groups excluding carboxylic acids is 1. The van der Waals surface area contributed by atoms with Gasteiger partial charge in [-0.15, -0.1) is 11.8 Å². The average Bonchev–Trinajstić information content (AvgIpc) is 3.09. The minimum Gasteiger partial charge on any atom is -0.349 e. The van der Waals surface area contributed by atoms with Crippen LogP contribution in [0.3, 0.4) is 0 Å². The fourth-order valence-electron chi connectivity index (χ4n) is 4.42. The van der Waals surface area contributed by atoms with Gasteiger partial charge in [0.1, 0.15) is 0 Å². The fourth-order valence-corrected chi connectivity index (χ4v) is 5.62. The predicted molar refractivity (Wildman–Crippen MR) is 116 cm³/mol. The maximum atomic E-state index is 12.4.